The maximum Gasteiger partial charge on any atom is 0.371 e. The van der Waals surface area contributed by atoms with Crippen LogP contribution in [0.25, 0.3) is 0 Å². The lowest BCUT2D eigenvalue weighted by Crippen LogP contribution is -2.40. The number of nitrogens with one attached hydrogen (secondary N) is 1. The minimum absolute atomic E-state index is 0.130. The minimum Gasteiger partial charge on any atom is -0.475 e. The zero-order valence-corrected chi connectivity index (χ0v) is 13.0. The predicted molar refractivity (Wildman–Crippen MR) is 72.1 cm³/mol. The molecule has 0 radical (unpaired) electrons. The van der Waals surface area contributed by atoms with Crippen LogP contribution in [0.1, 0.15) is 29.8 Å². The average molecular weight is 368 g/mol. The molecule has 0 saturated heterocycles. The van der Waals surface area contributed by atoms with E-state index in [9.17, 15) is 13.2 Å². The number of ether oxygens (including phenoxy) is 1. The van der Waals surface area contributed by atoms with Gasteiger partial charge >= 0.3 is 5.97 Å². The van der Waals surface area contributed by atoms with Gasteiger partial charge in [0, 0.05) is 19.2 Å². The molecule has 0 aromatic carbocycles. The van der Waals surface area contributed by atoms with Gasteiger partial charge < -0.3 is 14.3 Å². The summed E-state index contributed by atoms with van der Waals surface area (Å²) in [6.07, 6.45) is 2.17. The summed E-state index contributed by atoms with van der Waals surface area (Å²) in [7, 11) is -2.33. The number of rotatable bonds is 5. The fraction of sp³-hybridized carbons (Fsp3) is 0.545. The van der Waals surface area contributed by atoms with Gasteiger partial charge in [-0.25, -0.2) is 17.9 Å². The first-order valence-electron chi connectivity index (χ1n) is 5.93. The molecule has 0 spiro atoms. The molecule has 2 atom stereocenters. The van der Waals surface area contributed by atoms with Crippen LogP contribution in [0, 0.1) is 0 Å². The molecule has 0 bridgehead atoms. The molecule has 7 nitrogen and oxygen atoms in total. The van der Waals surface area contributed by atoms with Gasteiger partial charge in [-0.1, -0.05) is 0 Å². The molecule has 2 rings (SSSR count). The Morgan fingerprint density at radius 1 is 1.55 bits per heavy atom. The van der Waals surface area contributed by atoms with Crippen molar-refractivity contribution in [2.45, 2.75) is 36.3 Å². The van der Waals surface area contributed by atoms with Crippen LogP contribution in [0.5, 0.6) is 0 Å². The molecule has 1 aromatic rings. The van der Waals surface area contributed by atoms with Gasteiger partial charge in [0.15, 0.2) is 4.67 Å². The van der Waals surface area contributed by atoms with Crippen LogP contribution in [0.4, 0.5) is 0 Å². The first-order chi connectivity index (χ1) is 9.35. The number of carbonyl (C=O) groups is 1. The number of furan rings is 1. The van der Waals surface area contributed by atoms with Crippen LogP contribution in [0.15, 0.2) is 20.0 Å². The maximum absolute atomic E-state index is 12.3. The Kier molecular flexibility index (Phi) is 4.52. The fourth-order valence-corrected chi connectivity index (χ4v) is 4.48. The van der Waals surface area contributed by atoms with Crippen LogP contribution in [0.3, 0.4) is 0 Å². The molecule has 0 amide bonds. The van der Waals surface area contributed by atoms with Crippen molar-refractivity contribution in [3.63, 3.8) is 0 Å². The monoisotopic (exact) mass is 367 g/mol. The average Bonchev–Trinajstić information content (AvgIpc) is 2.95. The Bertz CT molecular complexity index is 610. The van der Waals surface area contributed by atoms with E-state index in [0.29, 0.717) is 6.42 Å². The number of hydrogen-bond donors (Lipinski definition) is 2. The molecule has 20 heavy (non-hydrogen) atoms. The third kappa shape index (κ3) is 3.05. The van der Waals surface area contributed by atoms with Crippen molar-refractivity contribution >= 4 is 31.9 Å². The highest BCUT2D eigenvalue weighted by molar-refractivity contribution is 9.10. The van der Waals surface area contributed by atoms with E-state index in [1.807, 2.05) is 0 Å². The normalized spacial score (nSPS) is 23.1. The Morgan fingerprint density at radius 2 is 2.25 bits per heavy atom. The van der Waals surface area contributed by atoms with E-state index in [2.05, 4.69) is 20.7 Å². The highest BCUT2D eigenvalue weighted by Gasteiger charge is 2.33. The van der Waals surface area contributed by atoms with Gasteiger partial charge in [0.25, 0.3) is 0 Å². The van der Waals surface area contributed by atoms with E-state index in [-0.39, 0.29) is 21.7 Å². The second-order valence-electron chi connectivity index (χ2n) is 4.49. The first kappa shape index (κ1) is 15.5. The molecule has 2 N–H and O–H groups in total. The molecule has 1 fully saturated rings. The van der Waals surface area contributed by atoms with Gasteiger partial charge in [0.1, 0.15) is 4.90 Å². The number of carboxylic acid groups (broad SMARTS) is 1. The van der Waals surface area contributed by atoms with Crippen LogP contribution in [0.2, 0.25) is 0 Å². The van der Waals surface area contributed by atoms with Crippen molar-refractivity contribution < 1.29 is 27.5 Å². The minimum atomic E-state index is -3.86. The highest BCUT2D eigenvalue weighted by atomic mass is 79.9. The van der Waals surface area contributed by atoms with Gasteiger partial charge in [-0.3, -0.25) is 0 Å². The summed E-state index contributed by atoms with van der Waals surface area (Å²) >= 11 is 2.92. The second-order valence-corrected chi connectivity index (χ2v) is 6.89. The predicted octanol–water partition coefficient (Wildman–Crippen LogP) is 1.59. The third-order valence-electron chi connectivity index (χ3n) is 3.22. The molecule has 1 aliphatic rings. The van der Waals surface area contributed by atoms with E-state index < -0.39 is 21.8 Å². The van der Waals surface area contributed by atoms with E-state index >= 15 is 0 Å². The van der Waals surface area contributed by atoms with Gasteiger partial charge in [-0.05, 0) is 35.2 Å². The van der Waals surface area contributed by atoms with Gasteiger partial charge in [0.05, 0.1) is 6.10 Å². The summed E-state index contributed by atoms with van der Waals surface area (Å²) in [6.45, 7) is 0. The topological polar surface area (TPSA) is 106 Å². The van der Waals surface area contributed by atoms with Crippen molar-refractivity contribution in [1.82, 2.24) is 4.72 Å². The number of carboxylic acids is 1. The Balaban J connectivity index is 2.24. The van der Waals surface area contributed by atoms with Crippen LogP contribution in [-0.4, -0.2) is 38.7 Å². The summed E-state index contributed by atoms with van der Waals surface area (Å²) in [4.78, 5) is 10.6. The summed E-state index contributed by atoms with van der Waals surface area (Å²) < 4.78 is 37.0. The molecule has 9 heteroatoms. The van der Waals surface area contributed by atoms with E-state index in [0.717, 1.165) is 18.9 Å². The first-order valence-corrected chi connectivity index (χ1v) is 8.20. The van der Waals surface area contributed by atoms with Crippen molar-refractivity contribution in [3.8, 4) is 0 Å². The van der Waals surface area contributed by atoms with E-state index in [1.165, 1.54) is 7.11 Å². The van der Waals surface area contributed by atoms with E-state index in [1.54, 1.807) is 0 Å². The molecular weight excluding hydrogens is 354 g/mol. The molecular formula is C11H14BrNO6S. The molecule has 1 aromatic heterocycles. The third-order valence-corrected chi connectivity index (χ3v) is 5.56. The largest absolute Gasteiger partial charge is 0.475 e. The smallest absolute Gasteiger partial charge is 0.371 e. The second kappa shape index (κ2) is 5.84. The fourth-order valence-electron chi connectivity index (χ4n) is 2.25. The van der Waals surface area contributed by atoms with E-state index in [4.69, 9.17) is 14.3 Å². The van der Waals surface area contributed by atoms with Gasteiger partial charge in [0.2, 0.25) is 15.8 Å². The summed E-state index contributed by atoms with van der Waals surface area (Å²) in [5, 5.41) is 8.80. The van der Waals surface area contributed by atoms with Crippen LogP contribution < -0.4 is 4.72 Å². The standard InChI is InChI=1S/C11H14BrNO6S/c1-18-7-4-2-3-6(7)13-20(16,17)9-5-8(11(14)15)19-10(9)12/h5-7,13H,2-4H2,1H3,(H,14,15). The molecule has 112 valence electrons. The summed E-state index contributed by atoms with van der Waals surface area (Å²) in [5.74, 6) is -1.77. The number of hydrogen-bond acceptors (Lipinski definition) is 5. The van der Waals surface area contributed by atoms with Crippen LogP contribution >= 0.6 is 15.9 Å². The number of methoxy groups -OCH3 is 1. The van der Waals surface area contributed by atoms with Gasteiger partial charge in [-0.15, -0.1) is 0 Å². The maximum atomic E-state index is 12.3. The lowest BCUT2D eigenvalue weighted by molar-refractivity contribution is 0.0661. The quantitative estimate of drug-likeness (QED) is 0.818. The number of aromatic carboxylic acids is 1. The zero-order chi connectivity index (χ0) is 14.9. The Morgan fingerprint density at radius 3 is 2.80 bits per heavy atom. The van der Waals surface area contributed by atoms with Crippen molar-refractivity contribution in [2.24, 2.45) is 0 Å². The van der Waals surface area contributed by atoms with Crippen molar-refractivity contribution in [1.29, 1.82) is 0 Å². The SMILES string of the molecule is COC1CCCC1NS(=O)(=O)c1cc(C(=O)O)oc1Br. The van der Waals surface area contributed by atoms with Gasteiger partial charge in [-0.2, -0.15) is 0 Å². The lowest BCUT2D eigenvalue weighted by atomic mass is 10.2. The Labute approximate surface area is 124 Å². The molecule has 2 unspecified atom stereocenters. The lowest BCUT2D eigenvalue weighted by Gasteiger charge is -2.19. The highest BCUT2D eigenvalue weighted by Crippen LogP contribution is 2.28. The summed E-state index contributed by atoms with van der Waals surface area (Å²) in [6, 6.07) is 0.658. The van der Waals surface area contributed by atoms with Crippen molar-refractivity contribution in [2.75, 3.05) is 7.11 Å². The van der Waals surface area contributed by atoms with Crippen molar-refractivity contribution in [3.05, 3.63) is 16.5 Å². The van der Waals surface area contributed by atoms with Crippen LogP contribution in [-0.2, 0) is 14.8 Å². The summed E-state index contributed by atoms with van der Waals surface area (Å²) in [5.41, 5.74) is 0. The molecule has 1 heterocycles. The molecule has 1 aliphatic carbocycles. The zero-order valence-electron chi connectivity index (χ0n) is 10.6. The number of halogens is 1. The number of sulfonamides is 1. The Hall–Kier alpha value is -0.900. The molecule has 1 saturated carbocycles. The molecule has 0 aliphatic heterocycles.